The van der Waals surface area contributed by atoms with Crippen molar-refractivity contribution < 1.29 is 4.74 Å². The smallest absolute Gasteiger partial charge is 0.238 e. The molecule has 1 heterocycles. The summed E-state index contributed by atoms with van der Waals surface area (Å²) in [6, 6.07) is 5.05. The molecule has 0 saturated carbocycles. The molecule has 4 nitrogen and oxygen atoms in total. The van der Waals surface area contributed by atoms with Crippen LogP contribution in [0.5, 0.6) is 11.6 Å². The minimum Gasteiger partial charge on any atom is -0.436 e. The van der Waals surface area contributed by atoms with Crippen LogP contribution in [-0.2, 0) is 0 Å². The van der Waals surface area contributed by atoms with Gasteiger partial charge < -0.3 is 10.5 Å². The molecule has 0 aliphatic rings. The number of nitrogen functional groups attached to an aromatic ring is 1. The fourth-order valence-electron chi connectivity index (χ4n) is 1.28. The Hall–Kier alpha value is -1.81. The SMILES string of the molecule is Cc1ncc(Oc2ccc(N)cc2Cl)nc1C. The van der Waals surface area contributed by atoms with Crippen molar-refractivity contribution in [2.75, 3.05) is 5.73 Å². The van der Waals surface area contributed by atoms with Gasteiger partial charge in [0.1, 0.15) is 5.75 Å². The fourth-order valence-corrected chi connectivity index (χ4v) is 1.51. The quantitative estimate of drug-likeness (QED) is 0.831. The highest BCUT2D eigenvalue weighted by Gasteiger charge is 2.06. The highest BCUT2D eigenvalue weighted by Crippen LogP contribution is 2.29. The van der Waals surface area contributed by atoms with E-state index in [1.807, 2.05) is 13.8 Å². The van der Waals surface area contributed by atoms with E-state index in [4.69, 9.17) is 22.1 Å². The molecular weight excluding hydrogens is 238 g/mol. The first-order valence-corrected chi connectivity index (χ1v) is 5.47. The zero-order valence-corrected chi connectivity index (χ0v) is 10.3. The second-order valence-corrected chi connectivity index (χ2v) is 4.08. The molecule has 2 aromatic rings. The van der Waals surface area contributed by atoms with Gasteiger partial charge in [-0.2, -0.15) is 0 Å². The summed E-state index contributed by atoms with van der Waals surface area (Å²) in [5.74, 6) is 0.929. The number of rotatable bonds is 2. The number of hydrogen-bond donors (Lipinski definition) is 1. The van der Waals surface area contributed by atoms with Crippen molar-refractivity contribution in [2.45, 2.75) is 13.8 Å². The number of hydrogen-bond acceptors (Lipinski definition) is 4. The molecule has 0 bridgehead atoms. The standard InChI is InChI=1S/C12H12ClN3O/c1-7-8(2)16-12(6-15-7)17-11-4-3-9(14)5-10(11)13/h3-6H,14H2,1-2H3. The Morgan fingerprint density at radius 1 is 1.24 bits per heavy atom. The number of nitrogens with zero attached hydrogens (tertiary/aromatic N) is 2. The molecule has 1 aromatic heterocycles. The zero-order valence-electron chi connectivity index (χ0n) is 9.57. The maximum absolute atomic E-state index is 6.00. The molecule has 0 atom stereocenters. The summed E-state index contributed by atoms with van der Waals surface area (Å²) in [6.45, 7) is 3.77. The van der Waals surface area contributed by atoms with Gasteiger partial charge in [-0.1, -0.05) is 11.6 Å². The lowest BCUT2D eigenvalue weighted by atomic mass is 10.3. The number of benzene rings is 1. The maximum Gasteiger partial charge on any atom is 0.238 e. The zero-order chi connectivity index (χ0) is 12.4. The van der Waals surface area contributed by atoms with Crippen LogP contribution in [0.15, 0.2) is 24.4 Å². The van der Waals surface area contributed by atoms with E-state index < -0.39 is 0 Å². The van der Waals surface area contributed by atoms with Crippen LogP contribution in [0.1, 0.15) is 11.4 Å². The second kappa shape index (κ2) is 4.59. The van der Waals surface area contributed by atoms with E-state index in [1.165, 1.54) is 0 Å². The summed E-state index contributed by atoms with van der Waals surface area (Å²) in [5.41, 5.74) is 7.89. The van der Waals surface area contributed by atoms with Gasteiger partial charge in [0.2, 0.25) is 5.88 Å². The van der Waals surface area contributed by atoms with Crippen molar-refractivity contribution >= 4 is 17.3 Å². The number of anilines is 1. The third-order valence-electron chi connectivity index (χ3n) is 2.34. The van der Waals surface area contributed by atoms with Crippen LogP contribution >= 0.6 is 11.6 Å². The average molecular weight is 250 g/mol. The highest BCUT2D eigenvalue weighted by molar-refractivity contribution is 6.32. The first kappa shape index (κ1) is 11.7. The minimum absolute atomic E-state index is 0.416. The third kappa shape index (κ3) is 2.65. The van der Waals surface area contributed by atoms with Gasteiger partial charge in [-0.3, -0.25) is 4.98 Å². The van der Waals surface area contributed by atoms with E-state index >= 15 is 0 Å². The molecule has 0 radical (unpaired) electrons. The number of nitrogens with two attached hydrogens (primary N) is 1. The monoisotopic (exact) mass is 249 g/mol. The predicted molar refractivity (Wildman–Crippen MR) is 67.4 cm³/mol. The Bertz CT molecular complexity index is 557. The molecule has 0 saturated heterocycles. The molecule has 0 aliphatic carbocycles. The van der Waals surface area contributed by atoms with Gasteiger partial charge in [-0.05, 0) is 32.0 Å². The Morgan fingerprint density at radius 2 is 2.00 bits per heavy atom. The Kier molecular flexibility index (Phi) is 3.15. The lowest BCUT2D eigenvalue weighted by Gasteiger charge is -2.08. The third-order valence-corrected chi connectivity index (χ3v) is 2.64. The number of aryl methyl sites for hydroxylation is 2. The molecule has 0 spiro atoms. The van der Waals surface area contributed by atoms with Crippen LogP contribution in [0, 0.1) is 13.8 Å². The van der Waals surface area contributed by atoms with E-state index in [-0.39, 0.29) is 0 Å². The molecule has 1 aromatic carbocycles. The molecule has 0 amide bonds. The van der Waals surface area contributed by atoms with Crippen LogP contribution in [0.25, 0.3) is 0 Å². The van der Waals surface area contributed by atoms with Gasteiger partial charge in [-0.25, -0.2) is 4.98 Å². The van der Waals surface area contributed by atoms with Gasteiger partial charge >= 0.3 is 0 Å². The molecule has 0 fully saturated rings. The van der Waals surface area contributed by atoms with Crippen LogP contribution in [0.4, 0.5) is 5.69 Å². The summed E-state index contributed by atoms with van der Waals surface area (Å²) in [5, 5.41) is 0.449. The number of ether oxygens (including phenoxy) is 1. The maximum atomic E-state index is 6.00. The van der Waals surface area contributed by atoms with Crippen molar-refractivity contribution in [3.05, 3.63) is 40.8 Å². The first-order chi connectivity index (χ1) is 8.06. The largest absolute Gasteiger partial charge is 0.436 e. The van der Waals surface area contributed by atoms with Gasteiger partial charge in [-0.15, -0.1) is 0 Å². The Morgan fingerprint density at radius 3 is 2.65 bits per heavy atom. The van der Waals surface area contributed by atoms with Gasteiger partial charge in [0.05, 0.1) is 22.6 Å². The number of halogens is 1. The Labute approximate surface area is 104 Å². The van der Waals surface area contributed by atoms with Crippen molar-refractivity contribution in [3.8, 4) is 11.6 Å². The molecule has 5 heteroatoms. The lowest BCUT2D eigenvalue weighted by molar-refractivity contribution is 0.458. The van der Waals surface area contributed by atoms with E-state index in [9.17, 15) is 0 Å². The van der Waals surface area contributed by atoms with Crippen molar-refractivity contribution in [1.82, 2.24) is 9.97 Å². The molecule has 2 rings (SSSR count). The van der Waals surface area contributed by atoms with Crippen molar-refractivity contribution in [3.63, 3.8) is 0 Å². The van der Waals surface area contributed by atoms with Crippen LogP contribution in [-0.4, -0.2) is 9.97 Å². The predicted octanol–water partition coefficient (Wildman–Crippen LogP) is 3.12. The summed E-state index contributed by atoms with van der Waals surface area (Å²) < 4.78 is 5.54. The number of aromatic nitrogens is 2. The fraction of sp³-hybridized carbons (Fsp3) is 0.167. The topological polar surface area (TPSA) is 61.0 Å². The van der Waals surface area contributed by atoms with Gasteiger partial charge in [0, 0.05) is 5.69 Å². The molecule has 0 aliphatic heterocycles. The molecule has 88 valence electrons. The van der Waals surface area contributed by atoms with Gasteiger partial charge in [0.15, 0.2) is 0 Å². The van der Waals surface area contributed by atoms with Crippen molar-refractivity contribution in [1.29, 1.82) is 0 Å². The normalized spacial score (nSPS) is 10.3. The summed E-state index contributed by atoms with van der Waals surface area (Å²) >= 11 is 6.00. The first-order valence-electron chi connectivity index (χ1n) is 5.09. The molecular formula is C12H12ClN3O. The highest BCUT2D eigenvalue weighted by atomic mass is 35.5. The van der Waals surface area contributed by atoms with E-state index in [0.717, 1.165) is 11.4 Å². The second-order valence-electron chi connectivity index (χ2n) is 3.67. The molecule has 17 heavy (non-hydrogen) atoms. The average Bonchev–Trinajstić information content (AvgIpc) is 2.27. The van der Waals surface area contributed by atoms with Gasteiger partial charge in [0.25, 0.3) is 0 Å². The minimum atomic E-state index is 0.416. The van der Waals surface area contributed by atoms with E-state index in [2.05, 4.69) is 9.97 Å². The Balaban J connectivity index is 2.28. The van der Waals surface area contributed by atoms with E-state index in [0.29, 0.717) is 22.3 Å². The molecule has 0 unspecified atom stereocenters. The van der Waals surface area contributed by atoms with Crippen molar-refractivity contribution in [2.24, 2.45) is 0 Å². The van der Waals surface area contributed by atoms with E-state index in [1.54, 1.807) is 24.4 Å². The van der Waals surface area contributed by atoms with Crippen LogP contribution in [0.2, 0.25) is 5.02 Å². The van der Waals surface area contributed by atoms with Crippen LogP contribution in [0.3, 0.4) is 0 Å². The summed E-state index contributed by atoms with van der Waals surface area (Å²) in [6.07, 6.45) is 1.56. The molecule has 2 N–H and O–H groups in total. The van der Waals surface area contributed by atoms with Crippen LogP contribution < -0.4 is 10.5 Å². The summed E-state index contributed by atoms with van der Waals surface area (Å²) in [7, 11) is 0. The summed E-state index contributed by atoms with van der Waals surface area (Å²) in [4.78, 5) is 8.42. The lowest BCUT2D eigenvalue weighted by Crippen LogP contribution is -1.95.